The van der Waals surface area contributed by atoms with Gasteiger partial charge in [-0.3, -0.25) is 0 Å². The number of nitriles is 1. The highest BCUT2D eigenvalue weighted by Gasteiger charge is 2.49. The Bertz CT molecular complexity index is 1090. The van der Waals surface area contributed by atoms with Crippen LogP contribution in [0, 0.1) is 23.1 Å². The van der Waals surface area contributed by atoms with E-state index in [0.717, 1.165) is 4.31 Å². The van der Waals surface area contributed by atoms with Gasteiger partial charge in [-0.05, 0) is 42.3 Å². The van der Waals surface area contributed by atoms with Gasteiger partial charge in [0.25, 0.3) is 0 Å². The lowest BCUT2D eigenvalue weighted by Gasteiger charge is -2.26. The van der Waals surface area contributed by atoms with E-state index in [1.165, 1.54) is 36.4 Å². The summed E-state index contributed by atoms with van der Waals surface area (Å²) in [6.45, 7) is -1.11. The molecule has 2 aromatic carbocycles. The molecule has 10 heteroatoms. The van der Waals surface area contributed by atoms with Crippen LogP contribution in [0.3, 0.4) is 0 Å². The third-order valence-corrected chi connectivity index (χ3v) is 7.59. The molecule has 1 saturated heterocycles. The van der Waals surface area contributed by atoms with Crippen LogP contribution in [-0.2, 0) is 16.4 Å². The molecule has 3 rings (SSSR count). The highest BCUT2D eigenvalue weighted by Crippen LogP contribution is 2.36. The van der Waals surface area contributed by atoms with Crippen LogP contribution in [0.1, 0.15) is 11.1 Å². The highest BCUT2D eigenvalue weighted by molar-refractivity contribution is 7.89. The molecule has 2 N–H and O–H groups in total. The topological polar surface area (TPSA) is 102 Å². The predicted octanol–water partition coefficient (Wildman–Crippen LogP) is 2.59. The number of β-amino-alcohol motifs (C(OH)–C–C–N with tert-alkyl or cyclic N) is 1. The molecule has 6 nitrogen and oxygen atoms in total. The number of benzene rings is 2. The quantitative estimate of drug-likeness (QED) is 0.716. The van der Waals surface area contributed by atoms with Gasteiger partial charge in [0.05, 0.1) is 17.2 Å². The van der Waals surface area contributed by atoms with Crippen LogP contribution in [0.2, 0.25) is 10.0 Å². The molecule has 0 saturated carbocycles. The number of sulfonamides is 1. The number of nitrogens with zero attached hydrogens (tertiary/aromatic N) is 2. The SMILES string of the molecule is N#Cc1ccc(CC2CN(S(=O)(=O)c3ccc(Cl)cc3Cl)CC2(O)CO)cc1F. The largest absolute Gasteiger partial charge is 0.393 e. The molecular weight excluding hydrogens is 442 g/mol. The van der Waals surface area contributed by atoms with Gasteiger partial charge < -0.3 is 10.2 Å². The minimum atomic E-state index is -4.06. The molecule has 29 heavy (non-hydrogen) atoms. The third kappa shape index (κ3) is 4.26. The van der Waals surface area contributed by atoms with E-state index in [-0.39, 0.29) is 40.0 Å². The van der Waals surface area contributed by atoms with Crippen molar-refractivity contribution in [2.24, 2.45) is 5.92 Å². The summed E-state index contributed by atoms with van der Waals surface area (Å²) in [6, 6.07) is 9.73. The van der Waals surface area contributed by atoms with E-state index in [4.69, 9.17) is 28.5 Å². The number of halogens is 3. The van der Waals surface area contributed by atoms with Gasteiger partial charge in [0.1, 0.15) is 22.4 Å². The molecule has 0 aliphatic carbocycles. The number of rotatable bonds is 5. The first kappa shape index (κ1) is 22.0. The minimum Gasteiger partial charge on any atom is -0.393 e. The molecule has 0 radical (unpaired) electrons. The summed E-state index contributed by atoms with van der Waals surface area (Å²) in [6.07, 6.45) is 0.111. The Morgan fingerprint density at radius 1 is 1.28 bits per heavy atom. The second-order valence-electron chi connectivity index (χ2n) is 6.96. The predicted molar refractivity (Wildman–Crippen MR) is 106 cm³/mol. The number of aliphatic hydroxyl groups is 2. The summed E-state index contributed by atoms with van der Waals surface area (Å²) < 4.78 is 41.0. The maximum atomic E-state index is 13.9. The second kappa shape index (κ2) is 8.19. The molecule has 2 aromatic rings. The smallest absolute Gasteiger partial charge is 0.244 e. The van der Waals surface area contributed by atoms with Crippen molar-refractivity contribution in [3.8, 4) is 6.07 Å². The molecule has 0 aromatic heterocycles. The molecule has 154 valence electrons. The van der Waals surface area contributed by atoms with E-state index in [0.29, 0.717) is 5.56 Å². The van der Waals surface area contributed by atoms with E-state index in [1.54, 1.807) is 6.07 Å². The van der Waals surface area contributed by atoms with E-state index in [2.05, 4.69) is 0 Å². The van der Waals surface area contributed by atoms with Crippen molar-refractivity contribution in [2.45, 2.75) is 16.9 Å². The number of hydrogen-bond donors (Lipinski definition) is 2. The Hall–Kier alpha value is -1.73. The fourth-order valence-electron chi connectivity index (χ4n) is 3.42. The number of aliphatic hydroxyl groups excluding tert-OH is 1. The molecular formula is C19H17Cl2FN2O4S. The normalized spacial score (nSPS) is 22.6. The van der Waals surface area contributed by atoms with E-state index < -0.39 is 34.0 Å². The summed E-state index contributed by atoms with van der Waals surface area (Å²) in [7, 11) is -4.06. The molecule has 2 unspecified atom stereocenters. The Labute approximate surface area is 177 Å². The van der Waals surface area contributed by atoms with Crippen molar-refractivity contribution in [1.82, 2.24) is 4.31 Å². The zero-order valence-electron chi connectivity index (χ0n) is 15.0. The molecule has 1 fully saturated rings. The van der Waals surface area contributed by atoms with E-state index in [1.807, 2.05) is 0 Å². The van der Waals surface area contributed by atoms with Crippen molar-refractivity contribution >= 4 is 33.2 Å². The van der Waals surface area contributed by atoms with Crippen LogP contribution in [0.15, 0.2) is 41.3 Å². The molecule has 1 heterocycles. The van der Waals surface area contributed by atoms with Crippen LogP contribution in [0.4, 0.5) is 4.39 Å². The Kier molecular flexibility index (Phi) is 6.20. The maximum absolute atomic E-state index is 13.9. The molecule has 2 atom stereocenters. The van der Waals surface area contributed by atoms with Crippen LogP contribution in [-0.4, -0.2) is 48.2 Å². The Morgan fingerprint density at radius 3 is 2.59 bits per heavy atom. The summed E-state index contributed by atoms with van der Waals surface area (Å²) in [5.41, 5.74) is -1.35. The van der Waals surface area contributed by atoms with Gasteiger partial charge >= 0.3 is 0 Å². The highest BCUT2D eigenvalue weighted by atomic mass is 35.5. The standard InChI is InChI=1S/C19H17Cl2FN2O4S/c20-15-3-4-18(16(21)7-15)29(27,28)24-9-14(19(26,10-24)11-25)5-12-1-2-13(8-23)17(22)6-12/h1-4,6-7,14,25-26H,5,9-11H2. The second-order valence-corrected chi connectivity index (χ2v) is 9.71. The first-order chi connectivity index (χ1) is 13.6. The summed E-state index contributed by atoms with van der Waals surface area (Å²) in [5.74, 6) is -1.39. The van der Waals surface area contributed by atoms with E-state index in [9.17, 15) is 23.0 Å². The van der Waals surface area contributed by atoms with Gasteiger partial charge in [0, 0.05) is 24.0 Å². The average molecular weight is 459 g/mol. The molecule has 0 bridgehead atoms. The monoisotopic (exact) mass is 458 g/mol. The molecule has 0 amide bonds. The van der Waals surface area contributed by atoms with Gasteiger partial charge in [0.2, 0.25) is 10.0 Å². The summed E-state index contributed by atoms with van der Waals surface area (Å²) in [4.78, 5) is -0.158. The van der Waals surface area contributed by atoms with Crippen molar-refractivity contribution < 1.29 is 23.0 Å². The van der Waals surface area contributed by atoms with Crippen molar-refractivity contribution in [3.63, 3.8) is 0 Å². The van der Waals surface area contributed by atoms with Crippen molar-refractivity contribution in [1.29, 1.82) is 5.26 Å². The summed E-state index contributed by atoms with van der Waals surface area (Å²) >= 11 is 11.9. The molecule has 0 spiro atoms. The lowest BCUT2D eigenvalue weighted by Crippen LogP contribution is -2.43. The zero-order valence-corrected chi connectivity index (χ0v) is 17.3. The lowest BCUT2D eigenvalue weighted by molar-refractivity contribution is -0.0340. The minimum absolute atomic E-state index is 0.0531. The zero-order chi connectivity index (χ0) is 21.4. The van der Waals surface area contributed by atoms with Crippen LogP contribution in [0.25, 0.3) is 0 Å². The summed E-state index contributed by atoms with van der Waals surface area (Å²) in [5, 5.41) is 29.6. The van der Waals surface area contributed by atoms with Crippen molar-refractivity contribution in [3.05, 3.63) is 63.4 Å². The van der Waals surface area contributed by atoms with Gasteiger partial charge in [-0.25, -0.2) is 12.8 Å². The Balaban J connectivity index is 1.89. The Morgan fingerprint density at radius 2 is 2.00 bits per heavy atom. The van der Waals surface area contributed by atoms with Gasteiger partial charge in [-0.2, -0.15) is 9.57 Å². The van der Waals surface area contributed by atoms with Crippen LogP contribution >= 0.6 is 23.2 Å². The van der Waals surface area contributed by atoms with E-state index >= 15 is 0 Å². The first-order valence-electron chi connectivity index (χ1n) is 8.57. The lowest BCUT2D eigenvalue weighted by atomic mass is 9.86. The van der Waals surface area contributed by atoms with Crippen LogP contribution in [0.5, 0.6) is 0 Å². The fraction of sp³-hybridized carbons (Fsp3) is 0.316. The fourth-order valence-corrected chi connectivity index (χ4v) is 5.71. The molecule has 1 aliphatic heterocycles. The van der Waals surface area contributed by atoms with Gasteiger partial charge in [-0.1, -0.05) is 29.3 Å². The van der Waals surface area contributed by atoms with Gasteiger partial charge in [-0.15, -0.1) is 0 Å². The molecule has 1 aliphatic rings. The van der Waals surface area contributed by atoms with Crippen LogP contribution < -0.4 is 0 Å². The maximum Gasteiger partial charge on any atom is 0.244 e. The third-order valence-electron chi connectivity index (χ3n) is 5.06. The van der Waals surface area contributed by atoms with Crippen molar-refractivity contribution in [2.75, 3.05) is 19.7 Å². The van der Waals surface area contributed by atoms with Gasteiger partial charge in [0.15, 0.2) is 0 Å². The average Bonchev–Trinajstić information content (AvgIpc) is 2.99. The first-order valence-corrected chi connectivity index (χ1v) is 10.8. The number of hydrogen-bond acceptors (Lipinski definition) is 5.